The summed E-state index contributed by atoms with van der Waals surface area (Å²) >= 11 is 0. The fraction of sp³-hybridized carbons (Fsp3) is 0.500. The zero-order valence-electron chi connectivity index (χ0n) is 20.3. The highest BCUT2D eigenvalue weighted by molar-refractivity contribution is 7.89. The number of amides is 1. The third-order valence-corrected chi connectivity index (χ3v) is 8.90. The summed E-state index contributed by atoms with van der Waals surface area (Å²) in [4.78, 5) is 14.4. The van der Waals surface area contributed by atoms with E-state index in [0.29, 0.717) is 6.54 Å². The van der Waals surface area contributed by atoms with E-state index in [1.54, 1.807) is 37.1 Å². The van der Waals surface area contributed by atoms with Crippen LogP contribution in [0.5, 0.6) is 5.75 Å². The molecule has 3 atom stereocenters. The summed E-state index contributed by atoms with van der Waals surface area (Å²) in [5.74, 6) is 0.285. The van der Waals surface area contributed by atoms with Crippen LogP contribution in [0.3, 0.4) is 0 Å². The molecule has 0 spiro atoms. The molecule has 0 bridgehead atoms. The van der Waals surface area contributed by atoms with Crippen LogP contribution < -0.4 is 4.74 Å². The van der Waals surface area contributed by atoms with Crippen LogP contribution in [0.4, 0.5) is 0 Å². The van der Waals surface area contributed by atoms with Gasteiger partial charge in [-0.25, -0.2) is 8.42 Å². The van der Waals surface area contributed by atoms with Crippen LogP contribution in [0.1, 0.15) is 32.3 Å². The predicted octanol–water partition coefficient (Wildman–Crippen LogP) is 3.30. The van der Waals surface area contributed by atoms with Crippen molar-refractivity contribution in [2.24, 2.45) is 11.8 Å². The molecule has 1 amide bonds. The quantitative estimate of drug-likeness (QED) is 0.677. The Bertz CT molecular complexity index is 1160. The molecule has 34 heavy (non-hydrogen) atoms. The van der Waals surface area contributed by atoms with Crippen LogP contribution in [0.25, 0.3) is 11.1 Å². The molecular weight excluding hydrogens is 452 g/mol. The molecule has 2 aromatic rings. The number of aliphatic hydroxyl groups is 1. The van der Waals surface area contributed by atoms with Crippen molar-refractivity contribution in [2.45, 2.75) is 50.7 Å². The van der Waals surface area contributed by atoms with Gasteiger partial charge in [0.15, 0.2) is 0 Å². The second-order valence-corrected chi connectivity index (χ2v) is 11.6. The molecule has 1 N–H and O–H groups in total. The van der Waals surface area contributed by atoms with Crippen molar-refractivity contribution in [1.29, 1.82) is 0 Å². The summed E-state index contributed by atoms with van der Waals surface area (Å²) in [5, 5.41) is 9.80. The number of hydrogen-bond acceptors (Lipinski definition) is 5. The van der Waals surface area contributed by atoms with Gasteiger partial charge >= 0.3 is 0 Å². The number of nitrogens with zero attached hydrogens (tertiary/aromatic N) is 2. The van der Waals surface area contributed by atoms with Crippen molar-refractivity contribution in [3.63, 3.8) is 0 Å². The van der Waals surface area contributed by atoms with Crippen LogP contribution in [0.2, 0.25) is 0 Å². The molecule has 1 fully saturated rings. The van der Waals surface area contributed by atoms with E-state index < -0.39 is 22.2 Å². The largest absolute Gasteiger partial charge is 0.487 e. The number of aryl methyl sites for hydroxylation is 1. The van der Waals surface area contributed by atoms with E-state index in [1.165, 1.54) is 4.31 Å². The number of rotatable bonds is 6. The number of fused-ring (bicyclic) bond motifs is 1. The monoisotopic (exact) mass is 486 g/mol. The predicted molar refractivity (Wildman–Crippen MR) is 131 cm³/mol. The van der Waals surface area contributed by atoms with Gasteiger partial charge in [-0.15, -0.1) is 0 Å². The van der Waals surface area contributed by atoms with Crippen molar-refractivity contribution in [1.82, 2.24) is 9.21 Å². The minimum Gasteiger partial charge on any atom is -0.487 e. The lowest BCUT2D eigenvalue weighted by molar-refractivity contribution is -0.132. The van der Waals surface area contributed by atoms with Crippen molar-refractivity contribution in [3.05, 3.63) is 48.0 Å². The van der Waals surface area contributed by atoms with E-state index in [1.807, 2.05) is 38.1 Å². The highest BCUT2D eigenvalue weighted by atomic mass is 32.2. The van der Waals surface area contributed by atoms with Crippen LogP contribution in [-0.2, 0) is 14.8 Å². The summed E-state index contributed by atoms with van der Waals surface area (Å²) in [6, 6.07) is 12.5. The smallest absolute Gasteiger partial charge is 0.247 e. The Balaban J connectivity index is 1.78. The first-order chi connectivity index (χ1) is 16.1. The van der Waals surface area contributed by atoms with Gasteiger partial charge < -0.3 is 14.7 Å². The summed E-state index contributed by atoms with van der Waals surface area (Å²) in [6.45, 7) is 5.92. The van der Waals surface area contributed by atoms with Gasteiger partial charge in [-0.05, 0) is 55.5 Å². The molecule has 0 saturated heterocycles. The Labute approximate surface area is 202 Å². The zero-order chi connectivity index (χ0) is 24.6. The lowest BCUT2D eigenvalue weighted by atomic mass is 10.00. The summed E-state index contributed by atoms with van der Waals surface area (Å²) < 4.78 is 35.1. The van der Waals surface area contributed by atoms with Gasteiger partial charge in [0, 0.05) is 31.5 Å². The maximum absolute atomic E-state index is 13.6. The average molecular weight is 487 g/mol. The van der Waals surface area contributed by atoms with Crippen molar-refractivity contribution in [3.8, 4) is 16.9 Å². The third kappa shape index (κ3) is 4.85. The Morgan fingerprint density at radius 2 is 1.94 bits per heavy atom. The van der Waals surface area contributed by atoms with Gasteiger partial charge in [-0.1, -0.05) is 37.3 Å². The summed E-state index contributed by atoms with van der Waals surface area (Å²) in [5.41, 5.74) is 2.94. The van der Waals surface area contributed by atoms with E-state index in [-0.39, 0.29) is 41.5 Å². The van der Waals surface area contributed by atoms with Crippen molar-refractivity contribution < 1.29 is 23.1 Å². The maximum Gasteiger partial charge on any atom is 0.247 e. The van der Waals surface area contributed by atoms with Crippen LogP contribution in [0.15, 0.2) is 47.4 Å². The SMILES string of the molecule is Cc1ccccc1-c1ccc2c(c1)O[C@H](CN(C)C(=O)C1CC1)[C@@H](C)CN([C@@H](C)CO)S2(=O)=O. The fourth-order valence-electron chi connectivity index (χ4n) is 4.51. The molecule has 0 unspecified atom stereocenters. The fourth-order valence-corrected chi connectivity index (χ4v) is 6.34. The van der Waals surface area contributed by atoms with E-state index >= 15 is 0 Å². The Kier molecular flexibility index (Phi) is 7.03. The highest BCUT2D eigenvalue weighted by Gasteiger charge is 2.39. The Morgan fingerprint density at radius 1 is 1.24 bits per heavy atom. The number of carbonyl (C=O) groups is 1. The normalized spacial score (nSPS) is 23.2. The van der Waals surface area contributed by atoms with E-state index in [9.17, 15) is 18.3 Å². The van der Waals surface area contributed by atoms with Crippen molar-refractivity contribution in [2.75, 3.05) is 26.7 Å². The standard InChI is InChI=1S/C26H34N2O5S/c1-17-7-5-6-8-22(17)21-11-12-25-23(13-21)33-24(15-27(4)26(30)20-9-10-20)18(2)14-28(19(3)16-29)34(25,31)32/h5-8,11-13,18-20,24,29H,9-10,14-16H2,1-4H3/t18-,19-,24+/m0/s1. The average Bonchev–Trinajstić information content (AvgIpc) is 3.66. The van der Waals surface area contributed by atoms with Gasteiger partial charge in [-0.2, -0.15) is 4.31 Å². The summed E-state index contributed by atoms with van der Waals surface area (Å²) in [6.07, 6.45) is 1.45. The molecule has 1 aliphatic carbocycles. The lowest BCUT2D eigenvalue weighted by Gasteiger charge is -2.37. The molecule has 184 valence electrons. The van der Waals surface area contributed by atoms with Crippen molar-refractivity contribution >= 4 is 15.9 Å². The minimum atomic E-state index is -3.90. The van der Waals surface area contributed by atoms with Gasteiger partial charge in [-0.3, -0.25) is 4.79 Å². The third-order valence-electron chi connectivity index (χ3n) is 6.88. The van der Waals surface area contributed by atoms with Crippen LogP contribution in [-0.4, -0.2) is 67.5 Å². The first kappa shape index (κ1) is 24.7. The first-order valence-corrected chi connectivity index (χ1v) is 13.3. The molecule has 0 aromatic heterocycles. The van der Waals surface area contributed by atoms with Crippen LogP contribution >= 0.6 is 0 Å². The lowest BCUT2D eigenvalue weighted by Crippen LogP contribution is -2.50. The first-order valence-electron chi connectivity index (χ1n) is 11.9. The van der Waals surface area contributed by atoms with E-state index in [0.717, 1.165) is 29.5 Å². The van der Waals surface area contributed by atoms with E-state index in [4.69, 9.17) is 4.74 Å². The number of likely N-dealkylation sites (N-methyl/N-ethyl adjacent to an activating group) is 1. The van der Waals surface area contributed by atoms with Gasteiger partial charge in [0.05, 0.1) is 13.2 Å². The molecule has 1 saturated carbocycles. The molecule has 2 aromatic carbocycles. The van der Waals surface area contributed by atoms with Crippen LogP contribution in [0, 0.1) is 18.8 Å². The molecule has 0 radical (unpaired) electrons. The highest BCUT2D eigenvalue weighted by Crippen LogP contribution is 2.37. The zero-order valence-corrected chi connectivity index (χ0v) is 21.1. The minimum absolute atomic E-state index is 0.0817. The maximum atomic E-state index is 13.6. The van der Waals surface area contributed by atoms with Gasteiger partial charge in [0.1, 0.15) is 16.7 Å². The number of hydrogen-bond donors (Lipinski definition) is 1. The number of benzene rings is 2. The number of carbonyl (C=O) groups excluding carboxylic acids is 1. The molecule has 4 rings (SSSR count). The number of aliphatic hydroxyl groups excluding tert-OH is 1. The topological polar surface area (TPSA) is 87.2 Å². The molecular formula is C26H34N2O5S. The van der Waals surface area contributed by atoms with Gasteiger partial charge in [0.25, 0.3) is 0 Å². The molecule has 2 aliphatic rings. The summed E-state index contributed by atoms with van der Waals surface area (Å²) in [7, 11) is -2.12. The molecule has 7 nitrogen and oxygen atoms in total. The Morgan fingerprint density at radius 3 is 2.59 bits per heavy atom. The Hall–Kier alpha value is -2.42. The number of sulfonamides is 1. The number of ether oxygens (including phenoxy) is 1. The second-order valence-electron chi connectivity index (χ2n) is 9.71. The molecule has 1 aliphatic heterocycles. The molecule has 1 heterocycles. The second kappa shape index (κ2) is 9.68. The van der Waals surface area contributed by atoms with E-state index in [2.05, 4.69) is 0 Å². The molecule has 8 heteroatoms. The van der Waals surface area contributed by atoms with Gasteiger partial charge in [0.2, 0.25) is 15.9 Å².